The number of nitrogens with zero attached hydrogens (tertiary/aromatic N) is 2. The Hall–Kier alpha value is -1.12. The van der Waals surface area contributed by atoms with Crippen LogP contribution in [0.15, 0.2) is 0 Å². The van der Waals surface area contributed by atoms with Crippen molar-refractivity contribution in [2.24, 2.45) is 5.92 Å². The maximum atomic E-state index is 12.6. The van der Waals surface area contributed by atoms with E-state index in [2.05, 4.69) is 11.4 Å². The number of hydrogen-bond donors (Lipinski definition) is 2. The number of piperidine rings is 1. The number of amides is 1. The number of carbonyl (C=O) groups excluding carboxylic acids is 1. The molecule has 1 amide bonds. The molecule has 19 heavy (non-hydrogen) atoms. The van der Waals surface area contributed by atoms with E-state index < -0.39 is 0 Å². The van der Waals surface area contributed by atoms with Crippen LogP contribution >= 0.6 is 0 Å². The molecule has 2 N–H and O–H groups in total. The highest BCUT2D eigenvalue weighted by Gasteiger charge is 2.43. The maximum Gasteiger partial charge on any atom is 0.241 e. The second-order valence-corrected chi connectivity index (χ2v) is 6.05. The molecule has 5 atom stereocenters. The first-order valence-electron chi connectivity index (χ1n) is 7.35. The third-order valence-electron chi connectivity index (χ3n) is 4.96. The summed E-state index contributed by atoms with van der Waals surface area (Å²) in [5, 5.41) is 22.4. The first-order chi connectivity index (χ1) is 9.20. The highest BCUT2D eigenvalue weighted by Crippen LogP contribution is 2.33. The number of rotatable bonds is 1. The summed E-state index contributed by atoms with van der Waals surface area (Å²) in [6, 6.07) is 1.84. The van der Waals surface area contributed by atoms with E-state index in [9.17, 15) is 9.90 Å². The summed E-state index contributed by atoms with van der Waals surface area (Å²) in [5.74, 6) is 0.397. The smallest absolute Gasteiger partial charge is 0.241 e. The Morgan fingerprint density at radius 3 is 2.84 bits per heavy atom. The minimum Gasteiger partial charge on any atom is -0.392 e. The van der Waals surface area contributed by atoms with E-state index in [1.807, 2.05) is 0 Å². The molecular formula is C14H21N3O2. The summed E-state index contributed by atoms with van der Waals surface area (Å²) in [5.41, 5.74) is 0. The Morgan fingerprint density at radius 1 is 1.26 bits per heavy atom. The Bertz CT molecular complexity index is 406. The van der Waals surface area contributed by atoms with Crippen LogP contribution in [0.3, 0.4) is 0 Å². The number of aliphatic hydroxyl groups excluding tert-OH is 1. The standard InChI is InChI=1S/C14H21N3O2/c15-8-10-2-1-7-17(10)14(19)13-9-3-5-11(16-13)12(18)6-4-9/h9-13,16,18H,1-7H2/t9-,10+,11-,12-,13+/m1/s1. The summed E-state index contributed by atoms with van der Waals surface area (Å²) < 4.78 is 0. The van der Waals surface area contributed by atoms with Gasteiger partial charge in [0.05, 0.1) is 18.2 Å². The van der Waals surface area contributed by atoms with E-state index in [1.165, 1.54) is 0 Å². The highest BCUT2D eigenvalue weighted by molar-refractivity contribution is 5.83. The van der Waals surface area contributed by atoms with Gasteiger partial charge in [-0.2, -0.15) is 5.26 Å². The summed E-state index contributed by atoms with van der Waals surface area (Å²) >= 11 is 0. The predicted molar refractivity (Wildman–Crippen MR) is 69.0 cm³/mol. The minimum absolute atomic E-state index is 0.0517. The Kier molecular flexibility index (Phi) is 3.46. The third-order valence-corrected chi connectivity index (χ3v) is 4.96. The number of aliphatic hydroxyl groups is 1. The van der Waals surface area contributed by atoms with Crippen LogP contribution in [0.4, 0.5) is 0 Å². The molecule has 0 radical (unpaired) electrons. The van der Waals surface area contributed by atoms with Gasteiger partial charge >= 0.3 is 0 Å². The number of nitrogens with one attached hydrogen (secondary N) is 1. The van der Waals surface area contributed by atoms with Crippen LogP contribution in [-0.2, 0) is 4.79 Å². The van der Waals surface area contributed by atoms with Crippen LogP contribution in [0.25, 0.3) is 0 Å². The molecule has 2 bridgehead atoms. The molecule has 3 aliphatic heterocycles. The number of nitriles is 1. The van der Waals surface area contributed by atoms with Crippen molar-refractivity contribution in [2.75, 3.05) is 6.54 Å². The molecule has 4 aliphatic rings. The molecule has 0 spiro atoms. The van der Waals surface area contributed by atoms with Crippen LogP contribution in [0.1, 0.15) is 38.5 Å². The van der Waals surface area contributed by atoms with Crippen LogP contribution < -0.4 is 5.32 Å². The number of fused-ring (bicyclic) bond motifs is 4. The van der Waals surface area contributed by atoms with Gasteiger partial charge in [0.15, 0.2) is 0 Å². The number of carbonyl (C=O) groups is 1. The average molecular weight is 263 g/mol. The Balaban J connectivity index is 1.75. The quantitative estimate of drug-likeness (QED) is 0.717. The number of hydrogen-bond acceptors (Lipinski definition) is 4. The third kappa shape index (κ3) is 2.24. The zero-order valence-corrected chi connectivity index (χ0v) is 11.1. The number of likely N-dealkylation sites (tertiary alicyclic amines) is 1. The fraction of sp³-hybridized carbons (Fsp3) is 0.857. The van der Waals surface area contributed by atoms with Crippen molar-refractivity contribution < 1.29 is 9.90 Å². The predicted octanol–water partition coefficient (Wildman–Crippen LogP) is 0.392. The summed E-state index contributed by atoms with van der Waals surface area (Å²) in [6.07, 6.45) is 5.06. The van der Waals surface area contributed by atoms with Crippen LogP contribution in [0, 0.1) is 17.2 Å². The van der Waals surface area contributed by atoms with Crippen molar-refractivity contribution in [3.63, 3.8) is 0 Å². The average Bonchev–Trinajstić information content (AvgIpc) is 2.79. The summed E-state index contributed by atoms with van der Waals surface area (Å²) in [7, 11) is 0. The van der Waals surface area contributed by atoms with Crippen molar-refractivity contribution in [2.45, 2.75) is 62.8 Å². The van der Waals surface area contributed by atoms with Crippen LogP contribution in [0.2, 0.25) is 0 Å². The molecule has 5 nitrogen and oxygen atoms in total. The van der Waals surface area contributed by atoms with Gasteiger partial charge in [-0.15, -0.1) is 0 Å². The van der Waals surface area contributed by atoms with Crippen molar-refractivity contribution in [1.29, 1.82) is 5.26 Å². The zero-order chi connectivity index (χ0) is 13.4. The Morgan fingerprint density at radius 2 is 2.05 bits per heavy atom. The maximum absolute atomic E-state index is 12.6. The normalized spacial score (nSPS) is 41.9. The SMILES string of the molecule is N#C[C@@H]1CCCN1C(=O)[C@H]1N[C@@H]2CC[C@@H]1CC[C@H]2O. The lowest BCUT2D eigenvalue weighted by Crippen LogP contribution is -2.57. The second-order valence-electron chi connectivity index (χ2n) is 6.05. The topological polar surface area (TPSA) is 76.4 Å². The molecule has 4 rings (SSSR count). The molecule has 3 heterocycles. The Labute approximate surface area is 113 Å². The van der Waals surface area contributed by atoms with Gasteiger partial charge in [-0.05, 0) is 44.4 Å². The van der Waals surface area contributed by atoms with Crippen LogP contribution in [-0.4, -0.2) is 46.7 Å². The van der Waals surface area contributed by atoms with Gasteiger partial charge in [0.25, 0.3) is 0 Å². The molecule has 1 aliphatic carbocycles. The highest BCUT2D eigenvalue weighted by atomic mass is 16.3. The second kappa shape index (κ2) is 5.10. The fourth-order valence-corrected chi connectivity index (χ4v) is 3.83. The van der Waals surface area contributed by atoms with Crippen LogP contribution in [0.5, 0.6) is 0 Å². The molecule has 1 saturated carbocycles. The van der Waals surface area contributed by atoms with Gasteiger partial charge in [-0.3, -0.25) is 4.79 Å². The molecule has 0 aromatic heterocycles. The lowest BCUT2D eigenvalue weighted by Gasteiger charge is -2.36. The molecule has 0 unspecified atom stereocenters. The van der Waals surface area contributed by atoms with Gasteiger partial charge in [0, 0.05) is 12.6 Å². The van der Waals surface area contributed by atoms with E-state index >= 15 is 0 Å². The molecule has 3 saturated heterocycles. The van der Waals surface area contributed by atoms with E-state index in [0.717, 1.165) is 38.5 Å². The summed E-state index contributed by atoms with van der Waals surface area (Å²) in [6.45, 7) is 0.704. The van der Waals surface area contributed by atoms with E-state index in [4.69, 9.17) is 5.26 Å². The first kappa shape index (κ1) is 12.9. The lowest BCUT2D eigenvalue weighted by molar-refractivity contribution is -0.135. The van der Waals surface area contributed by atoms with Gasteiger partial charge in [0.1, 0.15) is 6.04 Å². The van der Waals surface area contributed by atoms with Gasteiger partial charge in [0.2, 0.25) is 5.91 Å². The summed E-state index contributed by atoms with van der Waals surface area (Å²) in [4.78, 5) is 14.4. The van der Waals surface area contributed by atoms with Crippen molar-refractivity contribution in [3.05, 3.63) is 0 Å². The van der Waals surface area contributed by atoms with Gasteiger partial charge in [-0.25, -0.2) is 0 Å². The first-order valence-corrected chi connectivity index (χ1v) is 7.35. The lowest BCUT2D eigenvalue weighted by atomic mass is 9.87. The molecule has 4 fully saturated rings. The fourth-order valence-electron chi connectivity index (χ4n) is 3.83. The van der Waals surface area contributed by atoms with Crippen molar-refractivity contribution >= 4 is 5.91 Å². The largest absolute Gasteiger partial charge is 0.392 e. The van der Waals surface area contributed by atoms with Gasteiger partial charge in [-0.1, -0.05) is 0 Å². The molecule has 0 aromatic carbocycles. The van der Waals surface area contributed by atoms with E-state index in [0.29, 0.717) is 12.5 Å². The molecule has 0 aromatic rings. The van der Waals surface area contributed by atoms with E-state index in [-0.39, 0.29) is 30.1 Å². The monoisotopic (exact) mass is 263 g/mol. The van der Waals surface area contributed by atoms with Crippen molar-refractivity contribution in [1.82, 2.24) is 10.2 Å². The molecule has 5 heteroatoms. The molecular weight excluding hydrogens is 242 g/mol. The zero-order valence-electron chi connectivity index (χ0n) is 11.1. The molecule has 104 valence electrons. The van der Waals surface area contributed by atoms with Gasteiger partial charge < -0.3 is 15.3 Å². The minimum atomic E-state index is -0.326. The van der Waals surface area contributed by atoms with Crippen molar-refractivity contribution in [3.8, 4) is 6.07 Å². The van der Waals surface area contributed by atoms with E-state index in [1.54, 1.807) is 4.90 Å².